The number of para-hydroxylation sites is 1. The topological polar surface area (TPSA) is 188 Å². The van der Waals surface area contributed by atoms with Gasteiger partial charge in [-0.2, -0.15) is 4.98 Å². The van der Waals surface area contributed by atoms with Gasteiger partial charge in [-0.3, -0.25) is 4.79 Å². The predicted molar refractivity (Wildman–Crippen MR) is 119 cm³/mol. The summed E-state index contributed by atoms with van der Waals surface area (Å²) < 4.78 is 5.41. The molecule has 1 saturated heterocycles. The van der Waals surface area contributed by atoms with E-state index < -0.39 is 36.1 Å². The Bertz CT molecular complexity index is 1190. The molecule has 2 amide bonds. The lowest BCUT2D eigenvalue weighted by Crippen LogP contribution is -2.47. The summed E-state index contributed by atoms with van der Waals surface area (Å²) in [5.41, 5.74) is 7.83. The molecule has 0 saturated carbocycles. The molecule has 4 rings (SSSR count). The molecule has 0 spiro atoms. The summed E-state index contributed by atoms with van der Waals surface area (Å²) >= 11 is 0. The van der Waals surface area contributed by atoms with Crippen molar-refractivity contribution in [1.29, 1.82) is 0 Å². The van der Waals surface area contributed by atoms with Crippen LogP contribution in [0.5, 0.6) is 0 Å². The van der Waals surface area contributed by atoms with Gasteiger partial charge in [-0.05, 0) is 30.9 Å². The van der Waals surface area contributed by atoms with Crippen LogP contribution in [0.2, 0.25) is 0 Å². The third-order valence-electron chi connectivity index (χ3n) is 5.95. The number of rotatable bonds is 9. The van der Waals surface area contributed by atoms with Crippen molar-refractivity contribution in [2.24, 2.45) is 5.73 Å². The highest BCUT2D eigenvalue weighted by atomic mass is 16.5. The number of aromatic amines is 1. The molecule has 3 heterocycles. The smallest absolute Gasteiger partial charge is 0.326 e. The molecule has 0 radical (unpaired) electrons. The predicted octanol–water partition coefficient (Wildman–Crippen LogP) is 1.96. The quantitative estimate of drug-likeness (QED) is 0.311. The third kappa shape index (κ3) is 5.01. The second kappa shape index (κ2) is 9.91. The first-order valence-electron chi connectivity index (χ1n) is 11.0. The summed E-state index contributed by atoms with van der Waals surface area (Å²) in [6.07, 6.45) is 3.09. The molecule has 34 heavy (non-hydrogen) atoms. The largest absolute Gasteiger partial charge is 0.481 e. The fourth-order valence-electron chi connectivity index (χ4n) is 4.17. The number of carboxylic acid groups (broad SMARTS) is 2. The van der Waals surface area contributed by atoms with Gasteiger partial charge >= 0.3 is 18.0 Å². The van der Waals surface area contributed by atoms with E-state index in [9.17, 15) is 19.5 Å². The van der Waals surface area contributed by atoms with Crippen LogP contribution in [0.15, 0.2) is 35.0 Å². The molecule has 3 atom stereocenters. The number of carboxylic acids is 2. The molecule has 12 heteroatoms. The number of benzene rings is 1. The van der Waals surface area contributed by atoms with Crippen LogP contribution in [0.25, 0.3) is 10.9 Å². The lowest BCUT2D eigenvalue weighted by Gasteiger charge is -2.24. The number of likely N-dealkylation sites (tertiary alicyclic amines) is 1. The van der Waals surface area contributed by atoms with Crippen LogP contribution >= 0.6 is 0 Å². The van der Waals surface area contributed by atoms with Crippen molar-refractivity contribution in [2.75, 3.05) is 6.54 Å². The minimum atomic E-state index is -1.05. The summed E-state index contributed by atoms with van der Waals surface area (Å²) in [6.45, 7) is 0.331. The van der Waals surface area contributed by atoms with Crippen molar-refractivity contribution in [1.82, 2.24) is 25.3 Å². The highest BCUT2D eigenvalue weighted by Crippen LogP contribution is 2.26. The first-order chi connectivity index (χ1) is 16.3. The van der Waals surface area contributed by atoms with Gasteiger partial charge in [-0.25, -0.2) is 9.59 Å². The van der Waals surface area contributed by atoms with E-state index in [1.54, 1.807) is 0 Å². The number of nitrogens with zero attached hydrogens (tertiary/aromatic N) is 3. The molecule has 2 aromatic heterocycles. The lowest BCUT2D eigenvalue weighted by atomic mass is 10.0. The van der Waals surface area contributed by atoms with Gasteiger partial charge in [-0.15, -0.1) is 0 Å². The maximum absolute atomic E-state index is 13.0. The average molecular weight is 470 g/mol. The van der Waals surface area contributed by atoms with Crippen LogP contribution in [0.4, 0.5) is 4.79 Å². The Morgan fingerprint density at radius 2 is 2.09 bits per heavy atom. The number of H-pyrrole nitrogens is 1. The Hall–Kier alpha value is -3.93. The zero-order valence-corrected chi connectivity index (χ0v) is 18.3. The first kappa shape index (κ1) is 23.2. The molecule has 3 aromatic rings. The Labute approximate surface area is 194 Å². The number of aliphatic carboxylic acids is 2. The van der Waals surface area contributed by atoms with Crippen molar-refractivity contribution in [3.63, 3.8) is 0 Å². The molecule has 1 fully saturated rings. The number of fused-ring (bicyclic) bond motifs is 1. The van der Waals surface area contributed by atoms with E-state index in [4.69, 9.17) is 15.4 Å². The van der Waals surface area contributed by atoms with Crippen LogP contribution in [0.3, 0.4) is 0 Å². The fraction of sp³-hybridized carbons (Fsp3) is 0.409. The van der Waals surface area contributed by atoms with Crippen molar-refractivity contribution in [2.45, 2.75) is 50.2 Å². The molecular formula is C22H26N6O6. The van der Waals surface area contributed by atoms with Crippen molar-refractivity contribution in [3.05, 3.63) is 47.7 Å². The fourth-order valence-corrected chi connectivity index (χ4v) is 4.17. The molecule has 6 N–H and O–H groups in total. The van der Waals surface area contributed by atoms with E-state index in [-0.39, 0.29) is 24.6 Å². The molecular weight excluding hydrogens is 444 g/mol. The zero-order chi connectivity index (χ0) is 24.2. The minimum Gasteiger partial charge on any atom is -0.481 e. The summed E-state index contributed by atoms with van der Waals surface area (Å²) in [5, 5.41) is 26.0. The van der Waals surface area contributed by atoms with Gasteiger partial charge in [0.1, 0.15) is 12.1 Å². The normalized spacial score (nSPS) is 17.6. The Morgan fingerprint density at radius 3 is 2.85 bits per heavy atom. The lowest BCUT2D eigenvalue weighted by molar-refractivity contribution is -0.141. The maximum Gasteiger partial charge on any atom is 0.326 e. The van der Waals surface area contributed by atoms with Crippen molar-refractivity contribution < 1.29 is 29.1 Å². The number of carbonyl (C=O) groups is 3. The molecule has 180 valence electrons. The molecule has 12 nitrogen and oxygen atoms in total. The summed E-state index contributed by atoms with van der Waals surface area (Å²) in [6, 6.07) is 4.76. The molecule has 1 aromatic carbocycles. The van der Waals surface area contributed by atoms with E-state index in [1.807, 2.05) is 30.5 Å². The molecule has 0 bridgehead atoms. The van der Waals surface area contributed by atoms with Crippen LogP contribution in [0, 0.1) is 0 Å². The number of hydrogen-bond acceptors (Lipinski definition) is 7. The van der Waals surface area contributed by atoms with Gasteiger partial charge in [0.25, 0.3) is 0 Å². The number of urea groups is 1. The summed E-state index contributed by atoms with van der Waals surface area (Å²) in [4.78, 5) is 44.2. The monoisotopic (exact) mass is 470 g/mol. The first-order valence-corrected chi connectivity index (χ1v) is 11.0. The van der Waals surface area contributed by atoms with Gasteiger partial charge < -0.3 is 35.7 Å². The second-order valence-electron chi connectivity index (χ2n) is 8.29. The average Bonchev–Trinajstić information content (AvgIpc) is 3.56. The number of nitrogens with two attached hydrogens (primary N) is 1. The summed E-state index contributed by atoms with van der Waals surface area (Å²) in [5.74, 6) is -1.79. The van der Waals surface area contributed by atoms with Gasteiger partial charge in [-0.1, -0.05) is 23.4 Å². The highest BCUT2D eigenvalue weighted by Gasteiger charge is 2.36. The van der Waals surface area contributed by atoms with Gasteiger partial charge in [0.15, 0.2) is 5.82 Å². The van der Waals surface area contributed by atoms with Crippen LogP contribution in [0.1, 0.15) is 55.0 Å². The van der Waals surface area contributed by atoms with Crippen molar-refractivity contribution >= 4 is 28.9 Å². The Kier molecular flexibility index (Phi) is 6.77. The van der Waals surface area contributed by atoms with Gasteiger partial charge in [0.05, 0.1) is 6.04 Å². The third-order valence-corrected chi connectivity index (χ3v) is 5.95. The Balaban J connectivity index is 1.58. The van der Waals surface area contributed by atoms with Crippen molar-refractivity contribution in [3.8, 4) is 0 Å². The summed E-state index contributed by atoms with van der Waals surface area (Å²) in [7, 11) is 0. The molecule has 1 aliphatic rings. The van der Waals surface area contributed by atoms with Crippen LogP contribution < -0.4 is 11.1 Å². The minimum absolute atomic E-state index is 0.102. The molecule has 0 aliphatic carbocycles. The number of carbonyl (C=O) groups excluding carboxylic acids is 1. The van der Waals surface area contributed by atoms with E-state index in [2.05, 4.69) is 20.4 Å². The number of aromatic nitrogens is 3. The van der Waals surface area contributed by atoms with E-state index in [0.717, 1.165) is 16.5 Å². The van der Waals surface area contributed by atoms with Gasteiger partial charge in [0.2, 0.25) is 5.89 Å². The number of amides is 2. The SMILES string of the molecule is N[C@@H](CCC(=O)O)c1noc([C@H](Cc2c[nH]c3ccccc23)NC(=O)N2CCC[C@H]2C(=O)O)n1. The number of nitrogens with one attached hydrogen (secondary N) is 2. The highest BCUT2D eigenvalue weighted by molar-refractivity contribution is 5.84. The molecule has 0 unspecified atom stereocenters. The van der Waals surface area contributed by atoms with Gasteiger partial charge in [0, 0.05) is 36.5 Å². The second-order valence-corrected chi connectivity index (χ2v) is 8.29. The van der Waals surface area contributed by atoms with E-state index in [0.29, 0.717) is 25.8 Å². The number of hydrogen-bond donors (Lipinski definition) is 5. The Morgan fingerprint density at radius 1 is 1.29 bits per heavy atom. The van der Waals surface area contributed by atoms with Crippen LogP contribution in [-0.4, -0.2) is 60.8 Å². The molecule has 1 aliphatic heterocycles. The standard InChI is InChI=1S/C22H26N6O6/c23-14(7-8-18(29)30)19-26-20(34-27-19)16(10-12-11-24-15-5-2-1-4-13(12)15)25-22(33)28-9-3-6-17(28)21(31)32/h1-2,4-5,11,14,16-17,24H,3,6-10,23H2,(H,25,33)(H,29,30)(H,31,32)/t14-,16-,17-/m0/s1. The van der Waals surface area contributed by atoms with E-state index in [1.165, 1.54) is 4.90 Å². The zero-order valence-electron chi connectivity index (χ0n) is 18.3. The maximum atomic E-state index is 13.0. The van der Waals surface area contributed by atoms with E-state index >= 15 is 0 Å². The van der Waals surface area contributed by atoms with Crippen LogP contribution in [-0.2, 0) is 16.0 Å².